The van der Waals surface area contributed by atoms with Crippen LogP contribution in [0.15, 0.2) is 34.9 Å². The van der Waals surface area contributed by atoms with Crippen molar-refractivity contribution in [2.75, 3.05) is 19.0 Å². The predicted octanol–water partition coefficient (Wildman–Crippen LogP) is 2.85. The molecule has 0 aliphatic rings. The van der Waals surface area contributed by atoms with Crippen LogP contribution in [-0.4, -0.2) is 23.4 Å². The Bertz CT molecular complexity index is 525. The number of rotatable bonds is 5. The lowest BCUT2D eigenvalue weighted by Crippen LogP contribution is -2.08. The molecular weight excluding hydrogens is 294 g/mol. The number of nitrogens with one attached hydrogen (secondary N) is 1. The molecular formula is C13H16BrN3O. The van der Waals surface area contributed by atoms with E-state index in [0.717, 1.165) is 28.9 Å². The monoisotopic (exact) mass is 309 g/mol. The first-order chi connectivity index (χ1) is 8.69. The highest BCUT2D eigenvalue weighted by Crippen LogP contribution is 2.24. The topological polar surface area (TPSA) is 39.1 Å². The van der Waals surface area contributed by atoms with E-state index in [9.17, 15) is 0 Å². The predicted molar refractivity (Wildman–Crippen MR) is 76.1 cm³/mol. The van der Waals surface area contributed by atoms with E-state index in [1.54, 1.807) is 7.11 Å². The van der Waals surface area contributed by atoms with Crippen LogP contribution in [0.3, 0.4) is 0 Å². The molecule has 0 spiro atoms. The highest BCUT2D eigenvalue weighted by Gasteiger charge is 2.01. The molecule has 1 aromatic heterocycles. The Morgan fingerprint density at radius 1 is 1.39 bits per heavy atom. The molecule has 2 rings (SSSR count). The molecule has 0 atom stereocenters. The maximum Gasteiger partial charge on any atom is 0.122 e. The lowest BCUT2D eigenvalue weighted by Gasteiger charge is -2.09. The molecule has 5 heteroatoms. The van der Waals surface area contributed by atoms with Gasteiger partial charge in [-0.05, 0) is 18.2 Å². The Hall–Kier alpha value is -1.49. The fourth-order valence-electron chi connectivity index (χ4n) is 1.76. The third kappa shape index (κ3) is 3.26. The zero-order valence-corrected chi connectivity index (χ0v) is 12.1. The van der Waals surface area contributed by atoms with Gasteiger partial charge in [0.25, 0.3) is 0 Å². The average Bonchev–Trinajstić information content (AvgIpc) is 2.74. The van der Waals surface area contributed by atoms with Crippen LogP contribution in [0, 0.1) is 0 Å². The quantitative estimate of drug-likeness (QED) is 0.923. The van der Waals surface area contributed by atoms with Gasteiger partial charge in [-0.25, -0.2) is 0 Å². The molecule has 0 saturated heterocycles. The van der Waals surface area contributed by atoms with Crippen molar-refractivity contribution in [2.45, 2.75) is 6.42 Å². The third-order valence-corrected chi connectivity index (χ3v) is 3.20. The second-order valence-corrected chi connectivity index (χ2v) is 4.92. The number of aryl methyl sites for hydroxylation is 1. The van der Waals surface area contributed by atoms with Crippen molar-refractivity contribution in [3.63, 3.8) is 0 Å². The van der Waals surface area contributed by atoms with Crippen molar-refractivity contribution in [3.05, 3.63) is 40.6 Å². The van der Waals surface area contributed by atoms with E-state index in [1.165, 1.54) is 5.69 Å². The van der Waals surface area contributed by atoms with Crippen LogP contribution >= 0.6 is 15.9 Å². The molecule has 1 N–H and O–H groups in total. The molecule has 0 unspecified atom stereocenters. The van der Waals surface area contributed by atoms with E-state index in [2.05, 4.69) is 26.3 Å². The van der Waals surface area contributed by atoms with E-state index in [0.29, 0.717) is 0 Å². The molecule has 2 aromatic rings. The number of aromatic nitrogens is 2. The Kier molecular flexibility index (Phi) is 4.25. The molecule has 0 radical (unpaired) electrons. The first kappa shape index (κ1) is 13.0. The van der Waals surface area contributed by atoms with E-state index >= 15 is 0 Å². The smallest absolute Gasteiger partial charge is 0.122 e. The van der Waals surface area contributed by atoms with Gasteiger partial charge in [-0.1, -0.05) is 15.9 Å². The minimum absolute atomic E-state index is 0.840. The summed E-state index contributed by atoms with van der Waals surface area (Å²) in [6, 6.07) is 7.98. The summed E-state index contributed by atoms with van der Waals surface area (Å²) in [6.45, 7) is 0.860. The molecule has 96 valence electrons. The fourth-order valence-corrected chi connectivity index (χ4v) is 2.24. The Balaban J connectivity index is 1.94. The maximum atomic E-state index is 5.22. The van der Waals surface area contributed by atoms with Gasteiger partial charge in [0.1, 0.15) is 5.75 Å². The van der Waals surface area contributed by atoms with E-state index in [4.69, 9.17) is 4.74 Å². The standard InChI is InChI=1S/C13H16BrN3O/c1-17-12(4-6-16-17)3-5-15-11-7-10(14)8-13(9-11)18-2/h4,6-9,15H,3,5H2,1-2H3. The molecule has 1 aromatic carbocycles. The number of hydrogen-bond donors (Lipinski definition) is 1. The lowest BCUT2D eigenvalue weighted by atomic mass is 10.2. The second kappa shape index (κ2) is 5.91. The van der Waals surface area contributed by atoms with E-state index in [-0.39, 0.29) is 0 Å². The fraction of sp³-hybridized carbons (Fsp3) is 0.308. The van der Waals surface area contributed by atoms with Crippen LogP contribution < -0.4 is 10.1 Å². The van der Waals surface area contributed by atoms with Crippen molar-refractivity contribution in [2.24, 2.45) is 7.05 Å². The van der Waals surface area contributed by atoms with Crippen molar-refractivity contribution >= 4 is 21.6 Å². The maximum absolute atomic E-state index is 5.22. The van der Waals surface area contributed by atoms with E-state index < -0.39 is 0 Å². The van der Waals surface area contributed by atoms with Crippen molar-refractivity contribution in [1.29, 1.82) is 0 Å². The Labute approximate surface area is 115 Å². The van der Waals surface area contributed by atoms with Crippen LogP contribution in [0.1, 0.15) is 5.69 Å². The lowest BCUT2D eigenvalue weighted by molar-refractivity contribution is 0.414. The van der Waals surface area contributed by atoms with Crippen LogP contribution in [0.2, 0.25) is 0 Å². The third-order valence-electron chi connectivity index (χ3n) is 2.74. The molecule has 1 heterocycles. The molecule has 0 saturated carbocycles. The largest absolute Gasteiger partial charge is 0.497 e. The van der Waals surface area contributed by atoms with Crippen LogP contribution in [0.5, 0.6) is 5.75 Å². The van der Waals surface area contributed by atoms with Gasteiger partial charge in [0.2, 0.25) is 0 Å². The Morgan fingerprint density at radius 2 is 2.22 bits per heavy atom. The zero-order chi connectivity index (χ0) is 13.0. The van der Waals surface area contributed by atoms with E-state index in [1.807, 2.05) is 42.2 Å². The number of halogens is 1. The SMILES string of the molecule is COc1cc(Br)cc(NCCc2ccnn2C)c1. The first-order valence-electron chi connectivity index (χ1n) is 5.74. The van der Waals surface area contributed by atoms with Crippen LogP contribution in [-0.2, 0) is 13.5 Å². The summed E-state index contributed by atoms with van der Waals surface area (Å²) in [5.74, 6) is 0.840. The average molecular weight is 310 g/mol. The zero-order valence-electron chi connectivity index (χ0n) is 10.5. The summed E-state index contributed by atoms with van der Waals surface area (Å²) < 4.78 is 8.12. The second-order valence-electron chi connectivity index (χ2n) is 4.00. The number of nitrogens with zero attached hydrogens (tertiary/aromatic N) is 2. The first-order valence-corrected chi connectivity index (χ1v) is 6.53. The van der Waals surface area contributed by atoms with Crippen LogP contribution in [0.25, 0.3) is 0 Å². The molecule has 18 heavy (non-hydrogen) atoms. The molecule has 0 bridgehead atoms. The highest BCUT2D eigenvalue weighted by molar-refractivity contribution is 9.10. The molecule has 0 aliphatic heterocycles. The van der Waals surface area contributed by atoms with Gasteiger partial charge in [0, 0.05) is 48.1 Å². The van der Waals surface area contributed by atoms with Gasteiger partial charge in [0.15, 0.2) is 0 Å². The molecule has 0 amide bonds. The van der Waals surface area contributed by atoms with Crippen molar-refractivity contribution < 1.29 is 4.74 Å². The minimum atomic E-state index is 0.840. The van der Waals surface area contributed by atoms with Gasteiger partial charge < -0.3 is 10.1 Å². The summed E-state index contributed by atoms with van der Waals surface area (Å²) in [5.41, 5.74) is 2.26. The summed E-state index contributed by atoms with van der Waals surface area (Å²) in [6.07, 6.45) is 2.75. The van der Waals surface area contributed by atoms with Crippen molar-refractivity contribution in [1.82, 2.24) is 9.78 Å². The minimum Gasteiger partial charge on any atom is -0.497 e. The number of methoxy groups -OCH3 is 1. The summed E-state index contributed by atoms with van der Waals surface area (Å²) in [7, 11) is 3.62. The molecule has 0 aliphatic carbocycles. The van der Waals surface area contributed by atoms with Gasteiger partial charge in [-0.2, -0.15) is 5.10 Å². The van der Waals surface area contributed by atoms with Gasteiger partial charge in [-0.3, -0.25) is 4.68 Å². The van der Waals surface area contributed by atoms with Gasteiger partial charge in [0.05, 0.1) is 7.11 Å². The summed E-state index contributed by atoms with van der Waals surface area (Å²) in [5, 5.41) is 7.52. The van der Waals surface area contributed by atoms with Crippen molar-refractivity contribution in [3.8, 4) is 5.75 Å². The number of ether oxygens (including phenoxy) is 1. The van der Waals surface area contributed by atoms with Crippen LogP contribution in [0.4, 0.5) is 5.69 Å². The normalized spacial score (nSPS) is 10.4. The summed E-state index contributed by atoms with van der Waals surface area (Å²) in [4.78, 5) is 0. The number of hydrogen-bond acceptors (Lipinski definition) is 3. The molecule has 0 fully saturated rings. The number of benzene rings is 1. The molecule has 4 nitrogen and oxygen atoms in total. The van der Waals surface area contributed by atoms with Gasteiger partial charge >= 0.3 is 0 Å². The Morgan fingerprint density at radius 3 is 2.89 bits per heavy atom. The number of anilines is 1. The van der Waals surface area contributed by atoms with Gasteiger partial charge in [-0.15, -0.1) is 0 Å². The summed E-state index contributed by atoms with van der Waals surface area (Å²) >= 11 is 3.46. The highest BCUT2D eigenvalue weighted by atomic mass is 79.9.